The maximum Gasteiger partial charge on any atom is 0.251 e. The predicted octanol–water partition coefficient (Wildman–Crippen LogP) is 1.82. The Kier molecular flexibility index (Phi) is 9.42. The Morgan fingerprint density at radius 2 is 2.28 bits per heavy atom. The van der Waals surface area contributed by atoms with Crippen molar-refractivity contribution in [3.8, 4) is 0 Å². The summed E-state index contributed by atoms with van der Waals surface area (Å²) in [6.45, 7) is 6.36. The van der Waals surface area contributed by atoms with E-state index >= 15 is 0 Å². The first-order valence-corrected chi connectivity index (χ1v) is 6.76. The van der Waals surface area contributed by atoms with Gasteiger partial charge in [-0.1, -0.05) is 13.3 Å². The lowest BCUT2D eigenvalue weighted by Crippen LogP contribution is -2.50. The molecule has 0 radical (unpaired) electrons. The fourth-order valence-corrected chi connectivity index (χ4v) is 2.15. The van der Waals surface area contributed by atoms with Crippen molar-refractivity contribution in [1.82, 2.24) is 10.2 Å². The van der Waals surface area contributed by atoms with Crippen molar-refractivity contribution < 1.29 is 9.53 Å². The van der Waals surface area contributed by atoms with E-state index in [1.165, 1.54) is 0 Å². The first kappa shape index (κ1) is 17.7. The largest absolute Gasteiger partial charge is 0.369 e. The summed E-state index contributed by atoms with van der Waals surface area (Å²) in [7, 11) is 1.96. The molecule has 2 atom stereocenters. The van der Waals surface area contributed by atoms with Gasteiger partial charge in [0.05, 0.1) is 0 Å². The van der Waals surface area contributed by atoms with Crippen LogP contribution in [0.5, 0.6) is 0 Å². The minimum Gasteiger partial charge on any atom is -0.369 e. The summed E-state index contributed by atoms with van der Waals surface area (Å²) in [6, 6.07) is 0.440. The minimum absolute atomic E-state index is 0. The van der Waals surface area contributed by atoms with E-state index in [1.54, 1.807) is 0 Å². The number of nitrogens with zero attached hydrogens (tertiary/aromatic N) is 1. The summed E-state index contributed by atoms with van der Waals surface area (Å²) < 4.78 is 5.55. The van der Waals surface area contributed by atoms with Gasteiger partial charge in [0.25, 0.3) is 5.91 Å². The van der Waals surface area contributed by atoms with Crippen LogP contribution in [-0.2, 0) is 9.53 Å². The fourth-order valence-electron chi connectivity index (χ4n) is 2.15. The molecule has 4 nitrogen and oxygen atoms in total. The Morgan fingerprint density at radius 3 is 2.89 bits per heavy atom. The third-order valence-corrected chi connectivity index (χ3v) is 3.35. The average Bonchev–Trinajstić information content (AvgIpc) is 2.38. The second kappa shape index (κ2) is 9.59. The quantitative estimate of drug-likeness (QED) is 0.754. The van der Waals surface area contributed by atoms with Crippen LogP contribution in [0.25, 0.3) is 0 Å². The SMILES string of the molecule is CCCCOC(C)C(=O)N1CCCC(NC)C1.Cl. The predicted molar refractivity (Wildman–Crippen MR) is 76.2 cm³/mol. The monoisotopic (exact) mass is 278 g/mol. The van der Waals surface area contributed by atoms with E-state index in [2.05, 4.69) is 12.2 Å². The number of piperidine rings is 1. The second-order valence-corrected chi connectivity index (χ2v) is 4.78. The van der Waals surface area contributed by atoms with E-state index in [0.29, 0.717) is 12.6 Å². The number of likely N-dealkylation sites (tertiary alicyclic amines) is 1. The molecular weight excluding hydrogens is 252 g/mol. The molecular formula is C13H27ClN2O2. The maximum absolute atomic E-state index is 12.1. The van der Waals surface area contributed by atoms with Crippen molar-refractivity contribution in [3.63, 3.8) is 0 Å². The number of halogens is 1. The van der Waals surface area contributed by atoms with Crippen LogP contribution in [-0.4, -0.2) is 49.7 Å². The van der Waals surface area contributed by atoms with Crippen LogP contribution in [0.2, 0.25) is 0 Å². The minimum atomic E-state index is -0.294. The van der Waals surface area contributed by atoms with Crippen LogP contribution in [0.4, 0.5) is 0 Å². The molecule has 0 aromatic rings. The zero-order chi connectivity index (χ0) is 12.7. The van der Waals surface area contributed by atoms with Gasteiger partial charge in [0.15, 0.2) is 0 Å². The van der Waals surface area contributed by atoms with Gasteiger partial charge in [-0.05, 0) is 33.2 Å². The van der Waals surface area contributed by atoms with Crippen LogP contribution in [0, 0.1) is 0 Å². The van der Waals surface area contributed by atoms with Gasteiger partial charge >= 0.3 is 0 Å². The van der Waals surface area contributed by atoms with Gasteiger partial charge in [0.1, 0.15) is 6.10 Å². The number of unbranched alkanes of at least 4 members (excludes halogenated alkanes) is 1. The number of likely N-dealkylation sites (N-methyl/N-ethyl adjacent to an activating group) is 1. The van der Waals surface area contributed by atoms with Crippen LogP contribution < -0.4 is 5.32 Å². The third-order valence-electron chi connectivity index (χ3n) is 3.35. The molecule has 1 N–H and O–H groups in total. The summed E-state index contributed by atoms with van der Waals surface area (Å²) >= 11 is 0. The molecule has 0 aromatic carbocycles. The molecule has 1 aliphatic heterocycles. The standard InChI is InChI=1S/C13H26N2O2.ClH/c1-4-5-9-17-11(2)13(16)15-8-6-7-12(10-15)14-3;/h11-12,14H,4-10H2,1-3H3;1H. The lowest BCUT2D eigenvalue weighted by molar-refractivity contribution is -0.144. The van der Waals surface area contributed by atoms with Crippen LogP contribution in [0.3, 0.4) is 0 Å². The summed E-state index contributed by atoms with van der Waals surface area (Å²) in [4.78, 5) is 14.1. The van der Waals surface area contributed by atoms with Gasteiger partial charge in [0.2, 0.25) is 0 Å². The molecule has 1 aliphatic rings. The number of nitrogens with one attached hydrogen (secondary N) is 1. The van der Waals surface area contributed by atoms with Crippen LogP contribution in [0.15, 0.2) is 0 Å². The highest BCUT2D eigenvalue weighted by Gasteiger charge is 2.26. The molecule has 1 heterocycles. The molecule has 108 valence electrons. The summed E-state index contributed by atoms with van der Waals surface area (Å²) in [5.41, 5.74) is 0. The zero-order valence-corrected chi connectivity index (χ0v) is 12.6. The Hall–Kier alpha value is -0.320. The lowest BCUT2D eigenvalue weighted by atomic mass is 10.1. The molecule has 2 unspecified atom stereocenters. The number of ether oxygens (including phenoxy) is 1. The first-order valence-electron chi connectivity index (χ1n) is 6.76. The number of amides is 1. The van der Waals surface area contributed by atoms with E-state index in [0.717, 1.165) is 38.8 Å². The normalized spacial score (nSPS) is 21.3. The van der Waals surface area contributed by atoms with Crippen molar-refractivity contribution in [3.05, 3.63) is 0 Å². The second-order valence-electron chi connectivity index (χ2n) is 4.78. The molecule has 0 aromatic heterocycles. The Balaban J connectivity index is 0.00000289. The molecule has 1 fully saturated rings. The Bertz CT molecular complexity index is 239. The molecule has 0 bridgehead atoms. The number of carbonyl (C=O) groups is 1. The van der Waals surface area contributed by atoms with Gasteiger partial charge < -0.3 is 15.0 Å². The molecule has 0 saturated carbocycles. The average molecular weight is 279 g/mol. The van der Waals surface area contributed by atoms with E-state index < -0.39 is 0 Å². The van der Waals surface area contributed by atoms with Crippen LogP contribution >= 0.6 is 12.4 Å². The molecule has 1 amide bonds. The summed E-state index contributed by atoms with van der Waals surface area (Å²) in [5, 5.41) is 3.25. The molecule has 1 rings (SSSR count). The van der Waals surface area contributed by atoms with Gasteiger partial charge in [-0.15, -0.1) is 12.4 Å². The highest BCUT2D eigenvalue weighted by Crippen LogP contribution is 2.12. The summed E-state index contributed by atoms with van der Waals surface area (Å²) in [6.07, 6.45) is 4.07. The smallest absolute Gasteiger partial charge is 0.251 e. The number of rotatable bonds is 6. The van der Waals surface area contributed by atoms with Gasteiger partial charge in [-0.3, -0.25) is 4.79 Å². The number of hydrogen-bond acceptors (Lipinski definition) is 3. The highest BCUT2D eigenvalue weighted by molar-refractivity contribution is 5.85. The number of carbonyl (C=O) groups excluding carboxylic acids is 1. The van der Waals surface area contributed by atoms with E-state index in [1.807, 2.05) is 18.9 Å². The van der Waals surface area contributed by atoms with Gasteiger partial charge in [-0.2, -0.15) is 0 Å². The van der Waals surface area contributed by atoms with E-state index in [9.17, 15) is 4.79 Å². The summed E-state index contributed by atoms with van der Waals surface area (Å²) in [5.74, 6) is 0.140. The maximum atomic E-state index is 12.1. The molecule has 5 heteroatoms. The Morgan fingerprint density at radius 1 is 1.56 bits per heavy atom. The molecule has 0 aliphatic carbocycles. The van der Waals surface area contributed by atoms with E-state index in [-0.39, 0.29) is 24.4 Å². The van der Waals surface area contributed by atoms with E-state index in [4.69, 9.17) is 4.74 Å². The molecule has 0 spiro atoms. The van der Waals surface area contributed by atoms with Crippen LogP contribution in [0.1, 0.15) is 39.5 Å². The zero-order valence-electron chi connectivity index (χ0n) is 11.8. The fraction of sp³-hybridized carbons (Fsp3) is 0.923. The van der Waals surface area contributed by atoms with Crippen molar-refractivity contribution in [2.75, 3.05) is 26.7 Å². The highest BCUT2D eigenvalue weighted by atomic mass is 35.5. The molecule has 1 saturated heterocycles. The third kappa shape index (κ3) is 5.55. The number of hydrogen-bond donors (Lipinski definition) is 1. The van der Waals surface area contributed by atoms with Crippen molar-refractivity contribution in [1.29, 1.82) is 0 Å². The van der Waals surface area contributed by atoms with Gasteiger partial charge in [0, 0.05) is 25.7 Å². The van der Waals surface area contributed by atoms with Crippen molar-refractivity contribution in [2.24, 2.45) is 0 Å². The topological polar surface area (TPSA) is 41.6 Å². The van der Waals surface area contributed by atoms with Crippen molar-refractivity contribution >= 4 is 18.3 Å². The first-order chi connectivity index (χ1) is 8.19. The Labute approximate surface area is 117 Å². The lowest BCUT2D eigenvalue weighted by Gasteiger charge is -2.34. The molecule has 18 heavy (non-hydrogen) atoms. The van der Waals surface area contributed by atoms with Crippen molar-refractivity contribution in [2.45, 2.75) is 51.7 Å². The van der Waals surface area contributed by atoms with Gasteiger partial charge in [-0.25, -0.2) is 0 Å².